The van der Waals surface area contributed by atoms with Crippen LogP contribution in [0.5, 0.6) is 0 Å². The van der Waals surface area contributed by atoms with E-state index in [0.717, 1.165) is 0 Å². The Hall–Kier alpha value is -2.22. The first-order valence-corrected chi connectivity index (χ1v) is 6.81. The summed E-state index contributed by atoms with van der Waals surface area (Å²) in [4.78, 5) is -0.330. The van der Waals surface area contributed by atoms with Crippen molar-refractivity contribution in [3.05, 3.63) is 53.8 Å². The van der Waals surface area contributed by atoms with Gasteiger partial charge in [0.2, 0.25) is 0 Å². The van der Waals surface area contributed by atoms with Crippen molar-refractivity contribution in [2.75, 3.05) is 10.5 Å². The molecule has 0 saturated heterocycles. The quantitative estimate of drug-likeness (QED) is 0.856. The molecule has 0 aliphatic rings. The molecule has 0 radical (unpaired) electrons. The lowest BCUT2D eigenvalue weighted by atomic mass is 10.3. The van der Waals surface area contributed by atoms with Gasteiger partial charge in [-0.25, -0.2) is 21.6 Å². The zero-order valence-electron chi connectivity index (χ0n) is 9.90. The van der Waals surface area contributed by atoms with Gasteiger partial charge in [0.05, 0.1) is 5.69 Å². The largest absolute Gasteiger partial charge is 0.398 e. The molecule has 0 aliphatic heterocycles. The Morgan fingerprint density at radius 2 is 1.55 bits per heavy atom. The highest BCUT2D eigenvalue weighted by Gasteiger charge is 2.21. The fourth-order valence-corrected chi connectivity index (χ4v) is 2.76. The standard InChI is InChI=1S/C12H9F3N2O2S/c13-7-5-8(14)12(9(15)6-7)17-20(18,19)11-4-2-1-3-10(11)16/h1-6,17H,16H2. The van der Waals surface area contributed by atoms with Crippen molar-refractivity contribution in [2.24, 2.45) is 0 Å². The SMILES string of the molecule is Nc1ccccc1S(=O)(=O)Nc1c(F)cc(F)cc1F. The van der Waals surface area contributed by atoms with Gasteiger partial charge in [-0.15, -0.1) is 0 Å². The minimum Gasteiger partial charge on any atom is -0.398 e. The first-order chi connectivity index (χ1) is 9.31. The lowest BCUT2D eigenvalue weighted by Gasteiger charge is -2.11. The van der Waals surface area contributed by atoms with Crippen LogP contribution in [0.25, 0.3) is 0 Å². The smallest absolute Gasteiger partial charge is 0.264 e. The number of nitrogens with one attached hydrogen (secondary N) is 1. The first kappa shape index (κ1) is 14.2. The van der Waals surface area contributed by atoms with Crippen LogP contribution in [0.3, 0.4) is 0 Å². The number of hydrogen-bond acceptors (Lipinski definition) is 3. The third-order valence-corrected chi connectivity index (χ3v) is 3.88. The van der Waals surface area contributed by atoms with E-state index < -0.39 is 33.2 Å². The lowest BCUT2D eigenvalue weighted by molar-refractivity contribution is 0.547. The van der Waals surface area contributed by atoms with Crippen molar-refractivity contribution in [1.82, 2.24) is 0 Å². The number of halogens is 3. The molecule has 0 heterocycles. The molecule has 2 aromatic carbocycles. The van der Waals surface area contributed by atoms with E-state index in [4.69, 9.17) is 5.73 Å². The van der Waals surface area contributed by atoms with Gasteiger partial charge >= 0.3 is 0 Å². The van der Waals surface area contributed by atoms with Crippen LogP contribution < -0.4 is 10.5 Å². The predicted octanol–water partition coefficient (Wildman–Crippen LogP) is 2.49. The summed E-state index contributed by atoms with van der Waals surface area (Å²) < 4.78 is 65.3. The number of nitrogens with two attached hydrogens (primary N) is 1. The van der Waals surface area contributed by atoms with Crippen LogP contribution in [0.1, 0.15) is 0 Å². The highest BCUT2D eigenvalue weighted by atomic mass is 32.2. The molecule has 4 nitrogen and oxygen atoms in total. The van der Waals surface area contributed by atoms with Gasteiger partial charge < -0.3 is 5.73 Å². The topological polar surface area (TPSA) is 72.2 Å². The average molecular weight is 302 g/mol. The number of sulfonamides is 1. The molecule has 0 spiro atoms. The minimum atomic E-state index is -4.28. The number of hydrogen-bond donors (Lipinski definition) is 2. The van der Waals surface area contributed by atoms with E-state index in [-0.39, 0.29) is 10.6 Å². The van der Waals surface area contributed by atoms with Gasteiger partial charge in [0, 0.05) is 12.1 Å². The Kier molecular flexibility index (Phi) is 3.58. The van der Waals surface area contributed by atoms with Crippen LogP contribution in [0.2, 0.25) is 0 Å². The molecule has 106 valence electrons. The first-order valence-electron chi connectivity index (χ1n) is 5.33. The molecule has 0 fully saturated rings. The lowest BCUT2D eigenvalue weighted by Crippen LogP contribution is -2.16. The molecule has 2 aromatic rings. The third kappa shape index (κ3) is 2.69. The van der Waals surface area contributed by atoms with Crippen LogP contribution in [-0.2, 0) is 10.0 Å². The number of benzene rings is 2. The van der Waals surface area contributed by atoms with Crippen molar-refractivity contribution in [1.29, 1.82) is 0 Å². The summed E-state index contributed by atoms with van der Waals surface area (Å²) in [5, 5.41) is 0. The zero-order valence-corrected chi connectivity index (χ0v) is 10.7. The summed E-state index contributed by atoms with van der Waals surface area (Å²) in [6, 6.07) is 6.16. The molecule has 20 heavy (non-hydrogen) atoms. The summed E-state index contributed by atoms with van der Waals surface area (Å²) in [5.41, 5.74) is 4.45. The fourth-order valence-electron chi connectivity index (χ4n) is 1.55. The van der Waals surface area contributed by atoms with Crippen molar-refractivity contribution < 1.29 is 21.6 Å². The summed E-state index contributed by atoms with van der Waals surface area (Å²) in [7, 11) is -4.28. The van der Waals surface area contributed by atoms with E-state index in [0.29, 0.717) is 12.1 Å². The fraction of sp³-hybridized carbons (Fsp3) is 0. The van der Waals surface area contributed by atoms with Gasteiger partial charge in [-0.05, 0) is 12.1 Å². The Bertz CT molecular complexity index is 740. The maximum atomic E-state index is 13.4. The van der Waals surface area contributed by atoms with Crippen LogP contribution >= 0.6 is 0 Å². The van der Waals surface area contributed by atoms with Crippen molar-refractivity contribution in [3.63, 3.8) is 0 Å². The van der Waals surface area contributed by atoms with E-state index in [1.165, 1.54) is 24.3 Å². The molecular weight excluding hydrogens is 293 g/mol. The highest BCUT2D eigenvalue weighted by Crippen LogP contribution is 2.25. The average Bonchev–Trinajstić information content (AvgIpc) is 2.34. The predicted molar refractivity (Wildman–Crippen MR) is 68.0 cm³/mol. The number of para-hydroxylation sites is 1. The highest BCUT2D eigenvalue weighted by molar-refractivity contribution is 7.92. The van der Waals surface area contributed by atoms with Gasteiger partial charge in [-0.2, -0.15) is 0 Å². The zero-order chi connectivity index (χ0) is 14.9. The summed E-state index contributed by atoms with van der Waals surface area (Å²) in [5.74, 6) is -3.87. The molecule has 0 saturated carbocycles. The Labute approximate surface area is 113 Å². The van der Waals surface area contributed by atoms with E-state index in [9.17, 15) is 21.6 Å². The van der Waals surface area contributed by atoms with E-state index >= 15 is 0 Å². The van der Waals surface area contributed by atoms with Gasteiger partial charge in [0.1, 0.15) is 16.4 Å². The van der Waals surface area contributed by atoms with E-state index in [2.05, 4.69) is 0 Å². The summed E-state index contributed by atoms with van der Waals surface area (Å²) >= 11 is 0. The molecular formula is C12H9F3N2O2S. The Morgan fingerprint density at radius 3 is 2.10 bits per heavy atom. The molecule has 2 rings (SSSR count). The second kappa shape index (κ2) is 5.04. The molecule has 0 aromatic heterocycles. The van der Waals surface area contributed by atoms with Crippen LogP contribution in [0.15, 0.2) is 41.3 Å². The molecule has 8 heteroatoms. The van der Waals surface area contributed by atoms with Crippen LogP contribution in [-0.4, -0.2) is 8.42 Å². The van der Waals surface area contributed by atoms with Gasteiger partial charge in [0.15, 0.2) is 11.6 Å². The number of anilines is 2. The van der Waals surface area contributed by atoms with E-state index in [1.807, 2.05) is 0 Å². The van der Waals surface area contributed by atoms with Crippen LogP contribution in [0, 0.1) is 17.5 Å². The summed E-state index contributed by atoms with van der Waals surface area (Å²) in [6.45, 7) is 0. The molecule has 0 amide bonds. The molecule has 0 unspecified atom stereocenters. The second-order valence-electron chi connectivity index (χ2n) is 3.89. The minimum absolute atomic E-state index is 0.0806. The summed E-state index contributed by atoms with van der Waals surface area (Å²) in [6.07, 6.45) is 0. The molecule has 0 aliphatic carbocycles. The molecule has 0 atom stereocenters. The van der Waals surface area contributed by atoms with Gasteiger partial charge in [-0.3, -0.25) is 4.72 Å². The van der Waals surface area contributed by atoms with Crippen molar-refractivity contribution in [3.8, 4) is 0 Å². The maximum Gasteiger partial charge on any atom is 0.264 e. The normalized spacial score (nSPS) is 11.3. The molecule has 0 bridgehead atoms. The molecule has 3 N–H and O–H groups in total. The number of rotatable bonds is 3. The van der Waals surface area contributed by atoms with E-state index in [1.54, 1.807) is 4.72 Å². The third-order valence-electron chi connectivity index (χ3n) is 2.45. The van der Waals surface area contributed by atoms with Gasteiger partial charge in [-0.1, -0.05) is 12.1 Å². The van der Waals surface area contributed by atoms with Crippen LogP contribution in [0.4, 0.5) is 24.5 Å². The van der Waals surface area contributed by atoms with Crippen molar-refractivity contribution >= 4 is 21.4 Å². The van der Waals surface area contributed by atoms with Gasteiger partial charge in [0.25, 0.3) is 10.0 Å². The monoisotopic (exact) mass is 302 g/mol. The van der Waals surface area contributed by atoms with Crippen molar-refractivity contribution in [2.45, 2.75) is 4.90 Å². The maximum absolute atomic E-state index is 13.4. The second-order valence-corrected chi connectivity index (χ2v) is 5.54. The Morgan fingerprint density at radius 1 is 1.00 bits per heavy atom. The number of nitrogen functional groups attached to an aromatic ring is 1. The Balaban J connectivity index is 2.47.